The Morgan fingerprint density at radius 3 is 2.96 bits per heavy atom. The molecule has 0 radical (unpaired) electrons. The first kappa shape index (κ1) is 15.2. The highest BCUT2D eigenvalue weighted by molar-refractivity contribution is 9.10. The third-order valence-electron chi connectivity index (χ3n) is 3.43. The molecule has 3 N–H and O–H groups in total. The minimum atomic E-state index is 0.448. The van der Waals surface area contributed by atoms with E-state index in [0.29, 0.717) is 34.6 Å². The van der Waals surface area contributed by atoms with Crippen molar-refractivity contribution in [3.63, 3.8) is 0 Å². The van der Waals surface area contributed by atoms with E-state index in [2.05, 4.69) is 37.4 Å². The second-order valence-corrected chi connectivity index (χ2v) is 6.37. The summed E-state index contributed by atoms with van der Waals surface area (Å²) >= 11 is 8.70. The predicted octanol–water partition coefficient (Wildman–Crippen LogP) is 3.27. The van der Waals surface area contributed by atoms with Crippen molar-refractivity contribution in [2.24, 2.45) is 0 Å². The standard InChI is InChI=1S/C15H11BrN4O3S/c16-9-2-3-10-12(6-9)21-19-14(10)18-15(24)17-7-8-1-4-11-13(5-8)23-20-22-11/h1-6,20H,7H2,(H2,17,18,19,24). The van der Waals surface area contributed by atoms with Crippen molar-refractivity contribution >= 4 is 50.0 Å². The molecule has 1 aromatic heterocycles. The summed E-state index contributed by atoms with van der Waals surface area (Å²) in [5.74, 6) is 1.87. The van der Waals surface area contributed by atoms with Crippen LogP contribution in [0.3, 0.4) is 0 Å². The Morgan fingerprint density at radius 2 is 2.04 bits per heavy atom. The molecule has 0 unspecified atom stereocenters. The van der Waals surface area contributed by atoms with Gasteiger partial charge in [-0.15, -0.1) is 0 Å². The van der Waals surface area contributed by atoms with E-state index in [1.165, 1.54) is 0 Å². The Bertz CT molecular complexity index is 930. The maximum atomic E-state index is 5.31. The summed E-state index contributed by atoms with van der Waals surface area (Å²) in [6.45, 7) is 0.532. The molecule has 0 amide bonds. The predicted molar refractivity (Wildman–Crippen MR) is 95.6 cm³/mol. The SMILES string of the molecule is S=C(NCc1ccc2c(c1)ONO2)Nc1noc2cc(Br)ccc12. The fraction of sp³-hybridized carbons (Fsp3) is 0.0667. The van der Waals surface area contributed by atoms with E-state index < -0.39 is 0 Å². The minimum Gasteiger partial charge on any atom is -0.370 e. The van der Waals surface area contributed by atoms with Crippen LogP contribution in [-0.4, -0.2) is 10.3 Å². The number of anilines is 1. The molecule has 0 aliphatic carbocycles. The zero-order valence-corrected chi connectivity index (χ0v) is 14.5. The Morgan fingerprint density at radius 1 is 1.17 bits per heavy atom. The smallest absolute Gasteiger partial charge is 0.196 e. The maximum absolute atomic E-state index is 5.31. The highest BCUT2D eigenvalue weighted by atomic mass is 79.9. The average Bonchev–Trinajstić information content (AvgIpc) is 3.19. The molecule has 0 saturated carbocycles. The summed E-state index contributed by atoms with van der Waals surface area (Å²) in [6.07, 6.45) is 0. The van der Waals surface area contributed by atoms with Gasteiger partial charge in [0.25, 0.3) is 0 Å². The van der Waals surface area contributed by atoms with Crippen LogP contribution in [0, 0.1) is 0 Å². The Labute approximate surface area is 150 Å². The van der Waals surface area contributed by atoms with Gasteiger partial charge in [-0.25, -0.2) is 0 Å². The van der Waals surface area contributed by atoms with Gasteiger partial charge < -0.3 is 24.8 Å². The number of rotatable bonds is 3. The lowest BCUT2D eigenvalue weighted by Crippen LogP contribution is -2.28. The van der Waals surface area contributed by atoms with Crippen molar-refractivity contribution in [3.8, 4) is 11.5 Å². The number of nitrogens with zero attached hydrogens (tertiary/aromatic N) is 1. The molecule has 0 atom stereocenters. The number of thiocarbonyl (C=S) groups is 1. The second-order valence-electron chi connectivity index (χ2n) is 5.05. The summed E-state index contributed by atoms with van der Waals surface area (Å²) < 4.78 is 6.20. The molecule has 0 bridgehead atoms. The molecular weight excluding hydrogens is 396 g/mol. The van der Waals surface area contributed by atoms with E-state index in [9.17, 15) is 0 Å². The van der Waals surface area contributed by atoms with Crippen molar-refractivity contribution < 1.29 is 14.2 Å². The Hall–Kier alpha value is -2.36. The molecule has 24 heavy (non-hydrogen) atoms. The number of halogens is 1. The first-order valence-corrected chi connectivity index (χ1v) is 8.20. The third kappa shape index (κ3) is 3.01. The fourth-order valence-electron chi connectivity index (χ4n) is 2.27. The molecule has 2 aromatic carbocycles. The lowest BCUT2D eigenvalue weighted by Gasteiger charge is -2.09. The lowest BCUT2D eigenvalue weighted by molar-refractivity contribution is 0.0259. The molecule has 0 fully saturated rings. The highest BCUT2D eigenvalue weighted by Crippen LogP contribution is 2.30. The van der Waals surface area contributed by atoms with E-state index >= 15 is 0 Å². The molecule has 2 heterocycles. The Kier molecular flexibility index (Phi) is 3.97. The van der Waals surface area contributed by atoms with Gasteiger partial charge in [0, 0.05) is 16.7 Å². The zero-order chi connectivity index (χ0) is 16.5. The van der Waals surface area contributed by atoms with Gasteiger partial charge in [-0.3, -0.25) is 0 Å². The van der Waals surface area contributed by atoms with E-state index in [0.717, 1.165) is 15.4 Å². The van der Waals surface area contributed by atoms with Gasteiger partial charge in [0.1, 0.15) is 0 Å². The van der Waals surface area contributed by atoms with Crippen molar-refractivity contribution in [3.05, 3.63) is 46.4 Å². The van der Waals surface area contributed by atoms with Crippen LogP contribution in [0.4, 0.5) is 5.82 Å². The number of fused-ring (bicyclic) bond motifs is 2. The van der Waals surface area contributed by atoms with E-state index in [-0.39, 0.29) is 0 Å². The van der Waals surface area contributed by atoms with E-state index in [1.807, 2.05) is 36.4 Å². The molecule has 3 aromatic rings. The largest absolute Gasteiger partial charge is 0.370 e. The monoisotopic (exact) mass is 406 g/mol. The number of hydrogen-bond donors (Lipinski definition) is 3. The topological polar surface area (TPSA) is 80.6 Å². The molecule has 1 aliphatic rings. The van der Waals surface area contributed by atoms with Crippen LogP contribution in [0.1, 0.15) is 5.56 Å². The van der Waals surface area contributed by atoms with Gasteiger partial charge in [-0.2, -0.15) is 0 Å². The van der Waals surface area contributed by atoms with Gasteiger partial charge in [0.05, 0.1) is 5.39 Å². The summed E-state index contributed by atoms with van der Waals surface area (Å²) in [5, 5.41) is 11.5. The van der Waals surface area contributed by atoms with Crippen LogP contribution in [0.25, 0.3) is 11.0 Å². The van der Waals surface area contributed by atoms with Gasteiger partial charge in [0.2, 0.25) is 0 Å². The first-order chi connectivity index (χ1) is 11.7. The molecule has 1 aliphatic heterocycles. The second kappa shape index (κ2) is 6.27. The molecule has 7 nitrogen and oxygen atoms in total. The van der Waals surface area contributed by atoms with Crippen LogP contribution in [-0.2, 0) is 6.54 Å². The highest BCUT2D eigenvalue weighted by Gasteiger charge is 2.14. The van der Waals surface area contributed by atoms with Gasteiger partial charge in [-0.1, -0.05) is 27.2 Å². The summed E-state index contributed by atoms with van der Waals surface area (Å²) in [7, 11) is 0. The van der Waals surface area contributed by atoms with Crippen molar-refractivity contribution in [2.75, 3.05) is 5.32 Å². The molecule has 9 heteroatoms. The maximum Gasteiger partial charge on any atom is 0.196 e. The van der Waals surface area contributed by atoms with Crippen molar-refractivity contribution in [1.29, 1.82) is 0 Å². The normalized spacial score (nSPS) is 12.4. The number of hydrogen-bond acceptors (Lipinski definition) is 6. The average molecular weight is 407 g/mol. The first-order valence-electron chi connectivity index (χ1n) is 7.00. The van der Waals surface area contributed by atoms with Gasteiger partial charge >= 0.3 is 0 Å². The van der Waals surface area contributed by atoms with E-state index in [4.69, 9.17) is 26.4 Å². The van der Waals surface area contributed by atoms with Crippen molar-refractivity contribution in [1.82, 2.24) is 16.1 Å². The number of benzene rings is 2. The molecular formula is C15H11BrN4O3S. The molecule has 122 valence electrons. The molecule has 4 rings (SSSR count). The molecule has 0 saturated heterocycles. The minimum absolute atomic E-state index is 0.448. The van der Waals surface area contributed by atoms with Crippen LogP contribution in [0.2, 0.25) is 0 Å². The third-order valence-corrected chi connectivity index (χ3v) is 4.17. The van der Waals surface area contributed by atoms with Crippen LogP contribution >= 0.6 is 28.1 Å². The Balaban J connectivity index is 1.41. The lowest BCUT2D eigenvalue weighted by atomic mass is 10.2. The summed E-state index contributed by atoms with van der Waals surface area (Å²) in [5.41, 5.74) is 4.03. The molecule has 0 spiro atoms. The fourth-order valence-corrected chi connectivity index (χ4v) is 2.78. The number of aromatic nitrogens is 1. The van der Waals surface area contributed by atoms with Crippen LogP contribution in [0.15, 0.2) is 45.4 Å². The number of nitrogens with one attached hydrogen (secondary N) is 3. The summed E-state index contributed by atoms with van der Waals surface area (Å²) in [4.78, 5) is 10.2. The van der Waals surface area contributed by atoms with Gasteiger partial charge in [0.15, 0.2) is 28.0 Å². The summed E-state index contributed by atoms with van der Waals surface area (Å²) in [6, 6.07) is 11.3. The van der Waals surface area contributed by atoms with Gasteiger partial charge in [-0.05, 0) is 48.1 Å². The van der Waals surface area contributed by atoms with Crippen LogP contribution < -0.4 is 26.0 Å². The van der Waals surface area contributed by atoms with Crippen molar-refractivity contribution in [2.45, 2.75) is 6.54 Å². The quantitative estimate of drug-likeness (QED) is 0.571. The van der Waals surface area contributed by atoms with E-state index in [1.54, 1.807) is 0 Å². The zero-order valence-electron chi connectivity index (χ0n) is 12.1. The van der Waals surface area contributed by atoms with Crippen LogP contribution in [0.5, 0.6) is 11.5 Å².